The van der Waals surface area contributed by atoms with Gasteiger partial charge in [0.25, 0.3) is 0 Å². The second kappa shape index (κ2) is 4.94. The molecule has 1 N–H and O–H groups in total. The van der Waals surface area contributed by atoms with E-state index in [-0.39, 0.29) is 12.4 Å². The van der Waals surface area contributed by atoms with Gasteiger partial charge in [0, 0.05) is 6.04 Å². The van der Waals surface area contributed by atoms with Crippen molar-refractivity contribution in [3.8, 4) is 0 Å². The highest BCUT2D eigenvalue weighted by Gasteiger charge is 2.21. The summed E-state index contributed by atoms with van der Waals surface area (Å²) in [5.74, 6) is 0. The summed E-state index contributed by atoms with van der Waals surface area (Å²) in [7, 11) is 0. The molecule has 3 heteroatoms. The number of halogens is 1. The molecular formula is C7H16ClNO. The largest absolute Gasteiger partial charge is 0.395 e. The lowest BCUT2D eigenvalue weighted by molar-refractivity contribution is 0.164. The first kappa shape index (κ1) is 10.2. The fourth-order valence-corrected chi connectivity index (χ4v) is 1.52. The van der Waals surface area contributed by atoms with E-state index in [1.54, 1.807) is 0 Å². The highest BCUT2D eigenvalue weighted by Crippen LogP contribution is 2.14. The predicted molar refractivity (Wildman–Crippen MR) is 44.6 cm³/mol. The molecule has 1 heterocycles. The zero-order valence-electron chi connectivity index (χ0n) is 6.42. The van der Waals surface area contributed by atoms with Gasteiger partial charge in [0.1, 0.15) is 0 Å². The van der Waals surface area contributed by atoms with Crippen molar-refractivity contribution in [2.24, 2.45) is 0 Å². The average Bonchev–Trinajstić information content (AvgIpc) is 2.33. The Morgan fingerprint density at radius 2 is 2.30 bits per heavy atom. The molecule has 1 aliphatic heterocycles. The highest BCUT2D eigenvalue weighted by atomic mass is 35.5. The molecule has 0 aromatic rings. The van der Waals surface area contributed by atoms with E-state index in [4.69, 9.17) is 5.11 Å². The Balaban J connectivity index is 0.000000810. The van der Waals surface area contributed by atoms with E-state index in [1.807, 2.05) is 0 Å². The van der Waals surface area contributed by atoms with E-state index in [9.17, 15) is 0 Å². The van der Waals surface area contributed by atoms with Crippen LogP contribution in [0.4, 0.5) is 0 Å². The third-order valence-electron chi connectivity index (χ3n) is 2.12. The minimum absolute atomic E-state index is 0. The summed E-state index contributed by atoms with van der Waals surface area (Å²) in [4.78, 5) is 2.33. The van der Waals surface area contributed by atoms with Gasteiger partial charge in [0.05, 0.1) is 6.61 Å². The summed E-state index contributed by atoms with van der Waals surface area (Å²) >= 11 is 0. The lowest BCUT2D eigenvalue weighted by atomic mass is 10.2. The standard InChI is InChI=1S/C7H15NO.ClH/c1-2-8-5-3-4-7(8)6-9;/h7,9H,2-6H2,1H3;1H. The van der Waals surface area contributed by atoms with Crippen molar-refractivity contribution < 1.29 is 5.11 Å². The minimum Gasteiger partial charge on any atom is -0.395 e. The van der Waals surface area contributed by atoms with Crippen LogP contribution in [-0.2, 0) is 0 Å². The first-order valence-corrected chi connectivity index (χ1v) is 3.73. The molecule has 1 atom stereocenters. The highest BCUT2D eigenvalue weighted by molar-refractivity contribution is 5.85. The van der Waals surface area contributed by atoms with Crippen LogP contribution in [0.1, 0.15) is 19.8 Å². The third kappa shape index (κ3) is 2.11. The van der Waals surface area contributed by atoms with Crippen LogP contribution in [0.3, 0.4) is 0 Å². The topological polar surface area (TPSA) is 23.5 Å². The smallest absolute Gasteiger partial charge is 0.0586 e. The van der Waals surface area contributed by atoms with Crippen molar-refractivity contribution in [3.05, 3.63) is 0 Å². The minimum atomic E-state index is 0. The first-order valence-electron chi connectivity index (χ1n) is 3.73. The van der Waals surface area contributed by atoms with Gasteiger partial charge in [0.15, 0.2) is 0 Å². The van der Waals surface area contributed by atoms with Crippen molar-refractivity contribution in [2.45, 2.75) is 25.8 Å². The van der Waals surface area contributed by atoms with Gasteiger partial charge in [-0.15, -0.1) is 12.4 Å². The number of aliphatic hydroxyl groups is 1. The molecule has 1 aliphatic rings. The van der Waals surface area contributed by atoms with Crippen molar-refractivity contribution in [1.82, 2.24) is 4.90 Å². The Morgan fingerprint density at radius 1 is 1.60 bits per heavy atom. The number of rotatable bonds is 2. The maximum atomic E-state index is 8.83. The Morgan fingerprint density at radius 3 is 2.70 bits per heavy atom. The van der Waals surface area contributed by atoms with E-state index in [0.29, 0.717) is 12.6 Å². The third-order valence-corrected chi connectivity index (χ3v) is 2.12. The summed E-state index contributed by atoms with van der Waals surface area (Å²) in [6.07, 6.45) is 2.45. The van der Waals surface area contributed by atoms with Crippen LogP contribution in [-0.4, -0.2) is 35.7 Å². The molecule has 0 amide bonds. The van der Waals surface area contributed by atoms with E-state index in [1.165, 1.54) is 19.4 Å². The van der Waals surface area contributed by atoms with Crippen LogP contribution in [0.2, 0.25) is 0 Å². The molecule has 0 aromatic heterocycles. The molecule has 2 nitrogen and oxygen atoms in total. The van der Waals surface area contributed by atoms with E-state index >= 15 is 0 Å². The van der Waals surface area contributed by atoms with Crippen LogP contribution in [0.25, 0.3) is 0 Å². The molecule has 1 fully saturated rings. The normalized spacial score (nSPS) is 26.4. The molecule has 1 unspecified atom stereocenters. The van der Waals surface area contributed by atoms with Gasteiger partial charge >= 0.3 is 0 Å². The van der Waals surface area contributed by atoms with E-state index in [0.717, 1.165) is 6.54 Å². The zero-order valence-corrected chi connectivity index (χ0v) is 7.23. The van der Waals surface area contributed by atoms with Gasteiger partial charge in [-0.25, -0.2) is 0 Å². The van der Waals surface area contributed by atoms with Gasteiger partial charge in [-0.2, -0.15) is 0 Å². The van der Waals surface area contributed by atoms with E-state index < -0.39 is 0 Å². The molecule has 1 rings (SSSR count). The quantitative estimate of drug-likeness (QED) is 0.657. The molecule has 0 saturated carbocycles. The van der Waals surface area contributed by atoms with Gasteiger partial charge in [-0.05, 0) is 25.9 Å². The number of likely N-dealkylation sites (N-methyl/N-ethyl adjacent to an activating group) is 1. The van der Waals surface area contributed by atoms with Gasteiger partial charge in [-0.3, -0.25) is 4.90 Å². The van der Waals surface area contributed by atoms with Crippen LogP contribution in [0.15, 0.2) is 0 Å². The molecule has 1 saturated heterocycles. The number of hydrogen-bond donors (Lipinski definition) is 1. The Kier molecular flexibility index (Phi) is 5.04. The van der Waals surface area contributed by atoms with Gasteiger partial charge in [-0.1, -0.05) is 6.92 Å². The molecule has 0 bridgehead atoms. The molecule has 10 heavy (non-hydrogen) atoms. The summed E-state index contributed by atoms with van der Waals surface area (Å²) in [6.45, 7) is 4.76. The van der Waals surface area contributed by atoms with Crippen LogP contribution in [0, 0.1) is 0 Å². The average molecular weight is 166 g/mol. The van der Waals surface area contributed by atoms with E-state index in [2.05, 4.69) is 11.8 Å². The lowest BCUT2D eigenvalue weighted by Gasteiger charge is -2.19. The van der Waals surface area contributed by atoms with Crippen molar-refractivity contribution in [3.63, 3.8) is 0 Å². The van der Waals surface area contributed by atoms with Gasteiger partial charge < -0.3 is 5.11 Å². The fourth-order valence-electron chi connectivity index (χ4n) is 1.52. The van der Waals surface area contributed by atoms with Crippen molar-refractivity contribution in [2.75, 3.05) is 19.7 Å². The van der Waals surface area contributed by atoms with Crippen LogP contribution in [0.5, 0.6) is 0 Å². The van der Waals surface area contributed by atoms with Gasteiger partial charge in [0.2, 0.25) is 0 Å². The number of aliphatic hydroxyl groups excluding tert-OH is 1. The fraction of sp³-hybridized carbons (Fsp3) is 1.00. The molecule has 62 valence electrons. The summed E-state index contributed by atoms with van der Waals surface area (Å²) < 4.78 is 0. The number of hydrogen-bond acceptors (Lipinski definition) is 2. The van der Waals surface area contributed by atoms with Crippen LogP contribution < -0.4 is 0 Å². The molecule has 0 aromatic carbocycles. The molecule has 0 aliphatic carbocycles. The molecular weight excluding hydrogens is 150 g/mol. The van der Waals surface area contributed by atoms with Crippen LogP contribution >= 0.6 is 12.4 Å². The van der Waals surface area contributed by atoms with Crippen molar-refractivity contribution in [1.29, 1.82) is 0 Å². The lowest BCUT2D eigenvalue weighted by Crippen LogP contribution is -2.31. The summed E-state index contributed by atoms with van der Waals surface area (Å²) in [5, 5.41) is 8.83. The molecule has 0 radical (unpaired) electrons. The summed E-state index contributed by atoms with van der Waals surface area (Å²) in [5.41, 5.74) is 0. The summed E-state index contributed by atoms with van der Waals surface area (Å²) in [6, 6.07) is 0.468. The SMILES string of the molecule is CCN1CCCC1CO.Cl. The Bertz CT molecular complexity index is 79.7. The molecule has 0 spiro atoms. The Labute approximate surface area is 68.6 Å². The monoisotopic (exact) mass is 165 g/mol. The first-order chi connectivity index (χ1) is 4.38. The maximum Gasteiger partial charge on any atom is 0.0586 e. The second-order valence-electron chi connectivity index (χ2n) is 2.61. The predicted octanol–water partition coefficient (Wildman–Crippen LogP) is 0.885. The zero-order chi connectivity index (χ0) is 6.69. The second-order valence-corrected chi connectivity index (χ2v) is 2.61. The Hall–Kier alpha value is 0.210. The maximum absolute atomic E-state index is 8.83. The number of nitrogens with zero attached hydrogens (tertiary/aromatic N) is 1. The number of likely N-dealkylation sites (tertiary alicyclic amines) is 1. The van der Waals surface area contributed by atoms with Crippen molar-refractivity contribution >= 4 is 12.4 Å².